The summed E-state index contributed by atoms with van der Waals surface area (Å²) in [5.74, 6) is -0.115. The smallest absolute Gasteiger partial charge is 0.244 e. The molecule has 4 heteroatoms. The Balaban J connectivity index is 2.21. The van der Waals surface area contributed by atoms with Crippen LogP contribution in [0.3, 0.4) is 0 Å². The van der Waals surface area contributed by atoms with Gasteiger partial charge in [0.05, 0.1) is 0 Å². The standard InChI is InChI=1S/C10H12N2O2/c13-9-5-7(1-3-11-9)8-2-4-12-10(14)6-8/h5-6H,1-4H2,(H,11,13)(H,12,14). The Labute approximate surface area is 82.1 Å². The molecule has 0 bridgehead atoms. The third kappa shape index (κ3) is 1.84. The fourth-order valence-electron chi connectivity index (χ4n) is 1.71. The molecule has 0 saturated heterocycles. The SMILES string of the molecule is O=C1C=C(C2=CC(=O)NCC2)CCN1. The molecule has 0 aromatic heterocycles. The lowest BCUT2D eigenvalue weighted by molar-refractivity contribution is -0.117. The zero-order valence-corrected chi connectivity index (χ0v) is 7.80. The average molecular weight is 192 g/mol. The summed E-state index contributed by atoms with van der Waals surface area (Å²) in [6.45, 7) is 1.34. The predicted octanol–water partition coefficient (Wildman–Crippen LogP) is -0.121. The minimum Gasteiger partial charge on any atom is -0.352 e. The van der Waals surface area contributed by atoms with Gasteiger partial charge < -0.3 is 10.6 Å². The molecule has 0 spiro atoms. The second-order valence-electron chi connectivity index (χ2n) is 3.42. The largest absolute Gasteiger partial charge is 0.352 e. The van der Waals surface area contributed by atoms with Gasteiger partial charge in [0.15, 0.2) is 0 Å². The van der Waals surface area contributed by atoms with Crippen LogP contribution in [0.2, 0.25) is 0 Å². The number of carbonyl (C=O) groups is 2. The van der Waals surface area contributed by atoms with E-state index in [-0.39, 0.29) is 11.8 Å². The highest BCUT2D eigenvalue weighted by Gasteiger charge is 2.16. The summed E-state index contributed by atoms with van der Waals surface area (Å²) in [6.07, 6.45) is 4.83. The molecule has 4 nitrogen and oxygen atoms in total. The van der Waals surface area contributed by atoms with Gasteiger partial charge in [-0.25, -0.2) is 0 Å². The summed E-state index contributed by atoms with van der Waals surface area (Å²) in [5, 5.41) is 5.44. The van der Waals surface area contributed by atoms with Crippen LogP contribution in [0, 0.1) is 0 Å². The first kappa shape index (κ1) is 8.99. The monoisotopic (exact) mass is 192 g/mol. The van der Waals surface area contributed by atoms with Crippen molar-refractivity contribution >= 4 is 11.8 Å². The fourth-order valence-corrected chi connectivity index (χ4v) is 1.71. The van der Waals surface area contributed by atoms with Crippen LogP contribution in [0.15, 0.2) is 23.3 Å². The van der Waals surface area contributed by atoms with Gasteiger partial charge in [-0.1, -0.05) is 0 Å². The highest BCUT2D eigenvalue weighted by Crippen LogP contribution is 2.20. The van der Waals surface area contributed by atoms with Crippen LogP contribution in [0.25, 0.3) is 0 Å². The van der Waals surface area contributed by atoms with E-state index in [1.165, 1.54) is 0 Å². The highest BCUT2D eigenvalue weighted by molar-refractivity contribution is 5.93. The lowest BCUT2D eigenvalue weighted by Crippen LogP contribution is -2.31. The lowest BCUT2D eigenvalue weighted by atomic mass is 9.95. The van der Waals surface area contributed by atoms with Gasteiger partial charge in [0.1, 0.15) is 0 Å². The normalized spacial score (nSPS) is 22.0. The first-order chi connectivity index (χ1) is 6.75. The van der Waals surface area contributed by atoms with Crippen LogP contribution in [-0.4, -0.2) is 24.9 Å². The van der Waals surface area contributed by atoms with E-state index in [0.29, 0.717) is 13.1 Å². The number of hydrogen-bond donors (Lipinski definition) is 2. The number of amides is 2. The molecular formula is C10H12N2O2. The molecule has 0 aromatic rings. The van der Waals surface area contributed by atoms with Gasteiger partial charge in [0, 0.05) is 25.2 Å². The van der Waals surface area contributed by atoms with E-state index >= 15 is 0 Å². The van der Waals surface area contributed by atoms with Crippen molar-refractivity contribution in [1.82, 2.24) is 10.6 Å². The molecule has 14 heavy (non-hydrogen) atoms. The van der Waals surface area contributed by atoms with Crippen molar-refractivity contribution in [3.63, 3.8) is 0 Å². The Bertz CT molecular complexity index is 308. The number of carbonyl (C=O) groups excluding carboxylic acids is 2. The molecule has 0 unspecified atom stereocenters. The van der Waals surface area contributed by atoms with Crippen LogP contribution in [0.5, 0.6) is 0 Å². The molecule has 0 saturated carbocycles. The topological polar surface area (TPSA) is 58.2 Å². The minimum atomic E-state index is -0.0573. The van der Waals surface area contributed by atoms with Crippen molar-refractivity contribution in [2.24, 2.45) is 0 Å². The Morgan fingerprint density at radius 1 is 0.857 bits per heavy atom. The van der Waals surface area contributed by atoms with Crippen LogP contribution in [-0.2, 0) is 9.59 Å². The van der Waals surface area contributed by atoms with E-state index in [0.717, 1.165) is 24.0 Å². The summed E-state index contributed by atoms with van der Waals surface area (Å²) in [6, 6.07) is 0. The zero-order chi connectivity index (χ0) is 9.97. The Hall–Kier alpha value is -1.58. The van der Waals surface area contributed by atoms with Gasteiger partial charge in [0.2, 0.25) is 11.8 Å². The summed E-state index contributed by atoms with van der Waals surface area (Å²) >= 11 is 0. The van der Waals surface area contributed by atoms with Gasteiger partial charge in [0.25, 0.3) is 0 Å². The van der Waals surface area contributed by atoms with E-state index in [4.69, 9.17) is 0 Å². The van der Waals surface area contributed by atoms with Gasteiger partial charge >= 0.3 is 0 Å². The molecule has 0 aliphatic carbocycles. The number of nitrogens with one attached hydrogen (secondary N) is 2. The molecule has 74 valence electrons. The third-order valence-electron chi connectivity index (χ3n) is 2.41. The molecular weight excluding hydrogens is 180 g/mol. The Morgan fingerprint density at radius 2 is 1.29 bits per heavy atom. The quantitative estimate of drug-likeness (QED) is 0.608. The van der Waals surface area contributed by atoms with Crippen molar-refractivity contribution in [3.05, 3.63) is 23.3 Å². The van der Waals surface area contributed by atoms with Crippen LogP contribution >= 0.6 is 0 Å². The maximum atomic E-state index is 11.1. The van der Waals surface area contributed by atoms with E-state index < -0.39 is 0 Å². The molecule has 0 fully saturated rings. The highest BCUT2D eigenvalue weighted by atomic mass is 16.2. The van der Waals surface area contributed by atoms with Gasteiger partial charge in [-0.3, -0.25) is 9.59 Å². The van der Waals surface area contributed by atoms with Crippen LogP contribution in [0.4, 0.5) is 0 Å². The minimum absolute atomic E-state index is 0.0573. The van der Waals surface area contributed by atoms with Crippen molar-refractivity contribution in [3.8, 4) is 0 Å². The van der Waals surface area contributed by atoms with Gasteiger partial charge in [-0.05, 0) is 24.0 Å². The molecule has 2 aliphatic heterocycles. The van der Waals surface area contributed by atoms with Crippen LogP contribution < -0.4 is 10.6 Å². The summed E-state index contributed by atoms with van der Waals surface area (Å²) in [5.41, 5.74) is 2.01. The van der Waals surface area contributed by atoms with Crippen LogP contribution in [0.1, 0.15) is 12.8 Å². The van der Waals surface area contributed by atoms with E-state index in [2.05, 4.69) is 10.6 Å². The first-order valence-corrected chi connectivity index (χ1v) is 4.73. The second-order valence-corrected chi connectivity index (χ2v) is 3.42. The number of hydrogen-bond acceptors (Lipinski definition) is 2. The van der Waals surface area contributed by atoms with Crippen molar-refractivity contribution in [2.75, 3.05) is 13.1 Å². The zero-order valence-electron chi connectivity index (χ0n) is 7.80. The van der Waals surface area contributed by atoms with E-state index in [9.17, 15) is 9.59 Å². The molecule has 2 rings (SSSR count). The van der Waals surface area contributed by atoms with Crippen molar-refractivity contribution in [1.29, 1.82) is 0 Å². The van der Waals surface area contributed by atoms with Gasteiger partial charge in [-0.15, -0.1) is 0 Å². The number of rotatable bonds is 1. The average Bonchev–Trinajstić information content (AvgIpc) is 2.18. The van der Waals surface area contributed by atoms with Gasteiger partial charge in [-0.2, -0.15) is 0 Å². The van der Waals surface area contributed by atoms with E-state index in [1.807, 2.05) is 0 Å². The molecule has 2 heterocycles. The summed E-state index contributed by atoms with van der Waals surface area (Å²) < 4.78 is 0. The Morgan fingerprint density at radius 3 is 1.64 bits per heavy atom. The molecule has 2 amide bonds. The Kier molecular flexibility index (Phi) is 2.35. The van der Waals surface area contributed by atoms with Crippen molar-refractivity contribution < 1.29 is 9.59 Å². The fraction of sp³-hybridized carbons (Fsp3) is 0.400. The lowest BCUT2D eigenvalue weighted by Gasteiger charge is -2.19. The maximum absolute atomic E-state index is 11.1. The molecule has 0 aromatic carbocycles. The first-order valence-electron chi connectivity index (χ1n) is 4.73. The second kappa shape index (κ2) is 3.65. The van der Waals surface area contributed by atoms with Crippen molar-refractivity contribution in [2.45, 2.75) is 12.8 Å². The molecule has 2 N–H and O–H groups in total. The summed E-state index contributed by atoms with van der Waals surface area (Å²) in [7, 11) is 0. The molecule has 0 radical (unpaired) electrons. The van der Waals surface area contributed by atoms with E-state index in [1.54, 1.807) is 12.2 Å². The predicted molar refractivity (Wildman–Crippen MR) is 51.4 cm³/mol. The molecule has 0 atom stereocenters. The molecule has 2 aliphatic rings. The maximum Gasteiger partial charge on any atom is 0.244 e. The third-order valence-corrected chi connectivity index (χ3v) is 2.41. The summed E-state index contributed by atoms with van der Waals surface area (Å²) in [4.78, 5) is 22.2.